The van der Waals surface area contributed by atoms with Crippen LogP contribution in [0.1, 0.15) is 11.1 Å². The number of hydrogen-bond acceptors (Lipinski definition) is 4. The molecule has 0 bridgehead atoms. The Morgan fingerprint density at radius 2 is 0.424 bits per heavy atom. The van der Waals surface area contributed by atoms with E-state index in [9.17, 15) is 0 Å². The van der Waals surface area contributed by atoms with Crippen LogP contribution in [-0.2, 0) is 0 Å². The minimum atomic E-state index is 1.06. The van der Waals surface area contributed by atoms with E-state index in [0.717, 1.165) is 79.4 Å². The fraction of sp³-hybridized carbons (Fsp3) is 0.0323. The van der Waals surface area contributed by atoms with Gasteiger partial charge in [0.1, 0.15) is 0 Å². The summed E-state index contributed by atoms with van der Waals surface area (Å²) in [4.78, 5) is 9.43. The molecule has 0 saturated heterocycles. The molecule has 66 heavy (non-hydrogen) atoms. The van der Waals surface area contributed by atoms with Gasteiger partial charge in [0.25, 0.3) is 0 Å². The predicted octanol–water partition coefficient (Wildman–Crippen LogP) is 17.8. The lowest BCUT2D eigenvalue weighted by molar-refractivity contribution is 1.22. The fourth-order valence-corrected chi connectivity index (χ4v) is 8.84. The zero-order chi connectivity index (χ0) is 44.7. The van der Waals surface area contributed by atoms with E-state index in [1.807, 2.05) is 0 Å². The summed E-state index contributed by atoms with van der Waals surface area (Å²) in [6.45, 7) is 4.30. The fourth-order valence-electron chi connectivity index (χ4n) is 8.84. The molecule has 4 nitrogen and oxygen atoms in total. The first-order chi connectivity index (χ1) is 32.6. The highest BCUT2D eigenvalue weighted by molar-refractivity contribution is 5.93. The minimum Gasteiger partial charge on any atom is -0.308 e. The summed E-state index contributed by atoms with van der Waals surface area (Å²) >= 11 is 0. The third-order valence-electron chi connectivity index (χ3n) is 11.9. The molecule has 0 spiro atoms. The smallest absolute Gasteiger partial charge is 0.0702 e. The largest absolute Gasteiger partial charge is 0.308 e. The molecule has 0 aliphatic heterocycles. The summed E-state index contributed by atoms with van der Waals surface area (Å²) in [6.07, 6.45) is 0. The van der Waals surface area contributed by atoms with E-state index in [1.165, 1.54) is 11.1 Å². The molecular weight excluding hydrogens is 801 g/mol. The molecule has 0 aliphatic rings. The molecule has 4 heteroatoms. The van der Waals surface area contributed by atoms with E-state index < -0.39 is 0 Å². The van der Waals surface area contributed by atoms with Gasteiger partial charge in [-0.2, -0.15) is 0 Å². The van der Waals surface area contributed by atoms with E-state index >= 15 is 0 Å². The molecule has 0 saturated carbocycles. The lowest BCUT2D eigenvalue weighted by Crippen LogP contribution is -2.17. The van der Waals surface area contributed by atoms with Crippen LogP contribution < -0.4 is 19.6 Å². The number of anilines is 12. The second-order valence-electron chi connectivity index (χ2n) is 16.4. The molecule has 0 fully saturated rings. The number of aryl methyl sites for hydroxylation is 2. The van der Waals surface area contributed by atoms with E-state index in [0.29, 0.717) is 0 Å². The number of nitrogens with zero attached hydrogens (tertiary/aromatic N) is 4. The molecule has 0 aliphatic carbocycles. The second kappa shape index (κ2) is 19.0. The Hall–Kier alpha value is -8.60. The SMILES string of the molecule is Cc1cccc(N(c2ccccc2)c2ccccc2N(c2ccccc2)c2ccc(-c3ccc(N(c4ccccc4)c4ccccc4N(c4ccccc4)c4cccc(C)c4)cc3)cc2)c1. The van der Waals surface area contributed by atoms with Crippen molar-refractivity contribution in [3.8, 4) is 11.1 Å². The van der Waals surface area contributed by atoms with E-state index in [4.69, 9.17) is 0 Å². The normalized spacial score (nSPS) is 10.9. The lowest BCUT2D eigenvalue weighted by atomic mass is 10.0. The van der Waals surface area contributed by atoms with Crippen LogP contribution in [0.3, 0.4) is 0 Å². The Morgan fingerprint density at radius 3 is 0.697 bits per heavy atom. The maximum atomic E-state index is 2.36. The Balaban J connectivity index is 1.02. The highest BCUT2D eigenvalue weighted by atomic mass is 15.2. The summed E-state index contributed by atoms with van der Waals surface area (Å²) in [5, 5.41) is 0. The first kappa shape index (κ1) is 41.4. The summed E-state index contributed by atoms with van der Waals surface area (Å²) < 4.78 is 0. The standard InChI is InChI=1S/C62H50N4/c1-47-21-19-31-57(45-47)65(53-27-11-5-12-28-53)61-35-17-15-33-59(61)63(51-23-7-3-8-24-51)55-41-37-49(38-42-55)50-39-43-56(44-40-50)64(52-25-9-4-10-26-52)60-34-16-18-36-62(60)66(54-29-13-6-14-30-54)58-32-20-22-48(2)46-58/h3-46H,1-2H3. The van der Waals surface area contributed by atoms with Crippen molar-refractivity contribution >= 4 is 68.2 Å². The summed E-state index contributed by atoms with van der Waals surface area (Å²) in [6, 6.07) is 95.3. The van der Waals surface area contributed by atoms with Crippen molar-refractivity contribution in [2.45, 2.75) is 13.8 Å². The van der Waals surface area contributed by atoms with Gasteiger partial charge in [-0.25, -0.2) is 0 Å². The molecule has 0 atom stereocenters. The summed E-state index contributed by atoms with van der Waals surface area (Å²) in [5.41, 5.74) is 17.7. The van der Waals surface area contributed by atoms with Crippen LogP contribution in [0.15, 0.2) is 267 Å². The highest BCUT2D eigenvalue weighted by Crippen LogP contribution is 2.48. The molecule has 10 aromatic rings. The number of hydrogen-bond donors (Lipinski definition) is 0. The van der Waals surface area contributed by atoms with Gasteiger partial charge in [-0.05, 0) is 157 Å². The summed E-state index contributed by atoms with van der Waals surface area (Å²) in [7, 11) is 0. The van der Waals surface area contributed by atoms with Crippen molar-refractivity contribution in [2.75, 3.05) is 19.6 Å². The molecule has 10 rings (SSSR count). The van der Waals surface area contributed by atoms with E-state index in [1.54, 1.807) is 0 Å². The van der Waals surface area contributed by atoms with Gasteiger partial charge >= 0.3 is 0 Å². The minimum absolute atomic E-state index is 1.06. The molecule has 0 radical (unpaired) electrons. The van der Waals surface area contributed by atoms with Crippen molar-refractivity contribution in [2.24, 2.45) is 0 Å². The maximum absolute atomic E-state index is 2.36. The van der Waals surface area contributed by atoms with Crippen LogP contribution in [0.5, 0.6) is 0 Å². The molecule has 0 N–H and O–H groups in total. The van der Waals surface area contributed by atoms with Crippen molar-refractivity contribution in [3.05, 3.63) is 278 Å². The predicted molar refractivity (Wildman–Crippen MR) is 280 cm³/mol. The van der Waals surface area contributed by atoms with Gasteiger partial charge in [-0.15, -0.1) is 0 Å². The van der Waals surface area contributed by atoms with Crippen LogP contribution in [0, 0.1) is 13.8 Å². The molecule has 10 aromatic carbocycles. The number of rotatable bonds is 13. The van der Waals surface area contributed by atoms with Crippen molar-refractivity contribution in [1.82, 2.24) is 0 Å². The number of para-hydroxylation sites is 8. The monoisotopic (exact) mass is 850 g/mol. The zero-order valence-electron chi connectivity index (χ0n) is 37.2. The second-order valence-corrected chi connectivity index (χ2v) is 16.4. The molecule has 318 valence electrons. The first-order valence-corrected chi connectivity index (χ1v) is 22.5. The number of benzene rings is 10. The van der Waals surface area contributed by atoms with Gasteiger partial charge < -0.3 is 19.6 Å². The van der Waals surface area contributed by atoms with Crippen LogP contribution in [0.2, 0.25) is 0 Å². The van der Waals surface area contributed by atoms with Gasteiger partial charge in [0.15, 0.2) is 0 Å². The summed E-state index contributed by atoms with van der Waals surface area (Å²) in [5.74, 6) is 0. The Morgan fingerprint density at radius 1 is 0.197 bits per heavy atom. The Kier molecular flexibility index (Phi) is 11.9. The van der Waals surface area contributed by atoms with Crippen molar-refractivity contribution < 1.29 is 0 Å². The lowest BCUT2D eigenvalue weighted by Gasteiger charge is -2.33. The van der Waals surface area contributed by atoms with Crippen molar-refractivity contribution in [1.29, 1.82) is 0 Å². The van der Waals surface area contributed by atoms with Crippen LogP contribution >= 0.6 is 0 Å². The third-order valence-corrected chi connectivity index (χ3v) is 11.9. The Bertz CT molecular complexity index is 2940. The van der Waals surface area contributed by atoms with Crippen molar-refractivity contribution in [3.63, 3.8) is 0 Å². The molecule has 0 amide bonds. The average molecular weight is 851 g/mol. The van der Waals surface area contributed by atoms with E-state index in [2.05, 4.69) is 300 Å². The van der Waals surface area contributed by atoms with E-state index in [-0.39, 0.29) is 0 Å². The first-order valence-electron chi connectivity index (χ1n) is 22.5. The van der Waals surface area contributed by atoms with Gasteiger partial charge in [0, 0.05) is 45.5 Å². The average Bonchev–Trinajstić information content (AvgIpc) is 3.37. The maximum Gasteiger partial charge on any atom is 0.0702 e. The van der Waals surface area contributed by atoms with Gasteiger partial charge in [-0.1, -0.05) is 146 Å². The van der Waals surface area contributed by atoms with Gasteiger partial charge in [-0.3, -0.25) is 0 Å². The topological polar surface area (TPSA) is 13.0 Å². The molecular formula is C62H50N4. The quantitative estimate of drug-likeness (QED) is 0.115. The molecule has 0 unspecified atom stereocenters. The third kappa shape index (κ3) is 8.68. The van der Waals surface area contributed by atoms with Gasteiger partial charge in [0.2, 0.25) is 0 Å². The molecule has 0 heterocycles. The van der Waals surface area contributed by atoms with Crippen LogP contribution in [0.25, 0.3) is 11.1 Å². The molecule has 0 aromatic heterocycles. The van der Waals surface area contributed by atoms with Crippen LogP contribution in [-0.4, -0.2) is 0 Å². The van der Waals surface area contributed by atoms with Crippen LogP contribution in [0.4, 0.5) is 68.2 Å². The highest BCUT2D eigenvalue weighted by Gasteiger charge is 2.24. The van der Waals surface area contributed by atoms with Gasteiger partial charge in [0.05, 0.1) is 22.7 Å². The Labute approximate surface area is 389 Å². The zero-order valence-corrected chi connectivity index (χ0v) is 37.2.